The van der Waals surface area contributed by atoms with E-state index in [-0.39, 0.29) is 24.2 Å². The Hall–Kier alpha value is -3.59. The van der Waals surface area contributed by atoms with Gasteiger partial charge in [0.05, 0.1) is 11.9 Å². The van der Waals surface area contributed by atoms with E-state index in [1.54, 1.807) is 23.0 Å². The van der Waals surface area contributed by atoms with Crippen LogP contribution in [0.2, 0.25) is 0 Å². The lowest BCUT2D eigenvalue weighted by atomic mass is 9.87. The van der Waals surface area contributed by atoms with Crippen LogP contribution in [0, 0.1) is 18.2 Å². The first-order chi connectivity index (χ1) is 13.2. The van der Waals surface area contributed by atoms with Crippen molar-refractivity contribution in [1.82, 2.24) is 9.78 Å². The standard InChI is InChI=1S/C21H16FN3O2/c1-2-11-27-17-9-3-14(4-10-17)18-12-20(26)24-21-19(18)13-23-25(21)16-7-5-15(22)6-8-16/h1,3-10,13,18H,11-12H2,(H,24,26)/t18-/m1/s1. The van der Waals surface area contributed by atoms with Crippen molar-refractivity contribution >= 4 is 11.7 Å². The number of anilines is 1. The Morgan fingerprint density at radius 3 is 2.67 bits per heavy atom. The Kier molecular flexibility index (Phi) is 4.35. The molecule has 5 nitrogen and oxygen atoms in total. The van der Waals surface area contributed by atoms with Crippen LogP contribution >= 0.6 is 0 Å². The summed E-state index contributed by atoms with van der Waals surface area (Å²) >= 11 is 0. The average molecular weight is 361 g/mol. The normalized spacial score (nSPS) is 15.6. The number of aromatic nitrogens is 2. The molecule has 1 atom stereocenters. The van der Waals surface area contributed by atoms with Gasteiger partial charge in [-0.05, 0) is 42.0 Å². The van der Waals surface area contributed by atoms with Crippen LogP contribution in [0.1, 0.15) is 23.5 Å². The molecule has 0 saturated carbocycles. The van der Waals surface area contributed by atoms with Gasteiger partial charge in [-0.3, -0.25) is 4.79 Å². The maximum atomic E-state index is 13.2. The molecular formula is C21H16FN3O2. The summed E-state index contributed by atoms with van der Waals surface area (Å²) in [7, 11) is 0. The zero-order valence-electron chi connectivity index (χ0n) is 14.4. The first-order valence-corrected chi connectivity index (χ1v) is 8.45. The van der Waals surface area contributed by atoms with Crippen LogP contribution in [-0.4, -0.2) is 22.3 Å². The largest absolute Gasteiger partial charge is 0.481 e. The van der Waals surface area contributed by atoms with Crippen molar-refractivity contribution in [3.8, 4) is 23.8 Å². The van der Waals surface area contributed by atoms with Gasteiger partial charge in [-0.25, -0.2) is 9.07 Å². The number of ether oxygens (including phenoxy) is 1. The van der Waals surface area contributed by atoms with Gasteiger partial charge in [-0.1, -0.05) is 18.1 Å². The van der Waals surface area contributed by atoms with E-state index in [1.165, 1.54) is 12.1 Å². The first-order valence-electron chi connectivity index (χ1n) is 8.45. The molecule has 0 saturated heterocycles. The van der Waals surface area contributed by atoms with Crippen LogP contribution in [0.5, 0.6) is 5.75 Å². The Balaban J connectivity index is 1.69. The number of benzene rings is 2. The van der Waals surface area contributed by atoms with E-state index < -0.39 is 0 Å². The van der Waals surface area contributed by atoms with Crippen molar-refractivity contribution in [1.29, 1.82) is 0 Å². The fourth-order valence-corrected chi connectivity index (χ4v) is 3.22. The van der Waals surface area contributed by atoms with Gasteiger partial charge in [-0.2, -0.15) is 5.10 Å². The number of hydrogen-bond acceptors (Lipinski definition) is 3. The Morgan fingerprint density at radius 2 is 1.96 bits per heavy atom. The van der Waals surface area contributed by atoms with Gasteiger partial charge >= 0.3 is 0 Å². The number of nitrogens with zero attached hydrogens (tertiary/aromatic N) is 2. The molecule has 3 aromatic rings. The number of terminal acetylenes is 1. The topological polar surface area (TPSA) is 56.1 Å². The minimum Gasteiger partial charge on any atom is -0.481 e. The fourth-order valence-electron chi connectivity index (χ4n) is 3.22. The summed E-state index contributed by atoms with van der Waals surface area (Å²) in [5, 5.41) is 7.28. The predicted molar refractivity (Wildman–Crippen MR) is 99.4 cm³/mol. The van der Waals surface area contributed by atoms with E-state index in [4.69, 9.17) is 11.2 Å². The lowest BCUT2D eigenvalue weighted by molar-refractivity contribution is -0.116. The van der Waals surface area contributed by atoms with Gasteiger partial charge < -0.3 is 10.1 Å². The summed E-state index contributed by atoms with van der Waals surface area (Å²) in [4.78, 5) is 12.3. The molecule has 134 valence electrons. The summed E-state index contributed by atoms with van der Waals surface area (Å²) in [5.41, 5.74) is 2.57. The van der Waals surface area contributed by atoms with Crippen molar-refractivity contribution in [3.05, 3.63) is 71.7 Å². The number of amides is 1. The van der Waals surface area contributed by atoms with Gasteiger partial charge in [-0.15, -0.1) is 6.42 Å². The number of nitrogens with one attached hydrogen (secondary N) is 1. The molecule has 1 N–H and O–H groups in total. The molecule has 1 aliphatic rings. The first kappa shape index (κ1) is 16.9. The second-order valence-corrected chi connectivity index (χ2v) is 6.20. The van der Waals surface area contributed by atoms with Crippen molar-refractivity contribution in [3.63, 3.8) is 0 Å². The molecule has 27 heavy (non-hydrogen) atoms. The van der Waals surface area contributed by atoms with Gasteiger partial charge in [0.1, 0.15) is 24.0 Å². The summed E-state index contributed by atoms with van der Waals surface area (Å²) < 4.78 is 20.2. The fraction of sp³-hybridized carbons (Fsp3) is 0.143. The van der Waals surface area contributed by atoms with Crippen LogP contribution in [0.15, 0.2) is 54.7 Å². The molecule has 0 spiro atoms. The monoisotopic (exact) mass is 361 g/mol. The molecule has 1 amide bonds. The Bertz CT molecular complexity index is 1020. The summed E-state index contributed by atoms with van der Waals surface area (Å²) in [6.45, 7) is 0.208. The minimum absolute atomic E-state index is 0.0935. The van der Waals surface area contributed by atoms with Gasteiger partial charge in [0, 0.05) is 17.9 Å². The number of rotatable bonds is 4. The summed E-state index contributed by atoms with van der Waals surface area (Å²) in [6.07, 6.45) is 7.27. The maximum absolute atomic E-state index is 13.2. The van der Waals surface area contributed by atoms with Gasteiger partial charge in [0.25, 0.3) is 0 Å². The minimum atomic E-state index is -0.325. The van der Waals surface area contributed by atoms with E-state index in [1.807, 2.05) is 24.3 Å². The molecule has 0 unspecified atom stereocenters. The molecule has 6 heteroatoms. The number of carbonyl (C=O) groups excluding carboxylic acids is 1. The summed E-state index contributed by atoms with van der Waals surface area (Å²) in [6, 6.07) is 13.5. The van der Waals surface area contributed by atoms with Crippen molar-refractivity contribution in [2.24, 2.45) is 0 Å². The van der Waals surface area contributed by atoms with Crippen LogP contribution < -0.4 is 10.1 Å². The average Bonchev–Trinajstić information content (AvgIpc) is 3.10. The quantitative estimate of drug-likeness (QED) is 0.724. The second-order valence-electron chi connectivity index (χ2n) is 6.20. The molecule has 1 aliphatic heterocycles. The van der Waals surface area contributed by atoms with Crippen molar-refractivity contribution in [2.45, 2.75) is 12.3 Å². The van der Waals surface area contributed by atoms with Crippen LogP contribution in [0.4, 0.5) is 10.2 Å². The molecule has 0 aliphatic carbocycles. The van der Waals surface area contributed by atoms with Crippen LogP contribution in [-0.2, 0) is 4.79 Å². The number of fused-ring (bicyclic) bond motifs is 1. The van der Waals surface area contributed by atoms with E-state index in [0.717, 1.165) is 11.1 Å². The Morgan fingerprint density at radius 1 is 1.22 bits per heavy atom. The van der Waals surface area contributed by atoms with Crippen molar-refractivity contribution < 1.29 is 13.9 Å². The zero-order chi connectivity index (χ0) is 18.8. The van der Waals surface area contributed by atoms with Crippen molar-refractivity contribution in [2.75, 3.05) is 11.9 Å². The molecule has 0 fully saturated rings. The lowest BCUT2D eigenvalue weighted by Gasteiger charge is -2.24. The SMILES string of the molecule is C#CCOc1ccc([C@H]2CC(=O)Nc3c2cnn3-c2ccc(F)cc2)cc1. The smallest absolute Gasteiger partial charge is 0.226 e. The van der Waals surface area contributed by atoms with Gasteiger partial charge in [0.2, 0.25) is 5.91 Å². The molecular weight excluding hydrogens is 345 g/mol. The third-order valence-corrected chi connectivity index (χ3v) is 4.50. The number of hydrogen-bond donors (Lipinski definition) is 1. The number of carbonyl (C=O) groups is 1. The third kappa shape index (κ3) is 3.27. The van der Waals surface area contributed by atoms with Crippen LogP contribution in [0.25, 0.3) is 5.69 Å². The highest BCUT2D eigenvalue weighted by atomic mass is 19.1. The van der Waals surface area contributed by atoms with E-state index in [9.17, 15) is 9.18 Å². The van der Waals surface area contributed by atoms with Gasteiger partial charge in [0.15, 0.2) is 0 Å². The number of halogens is 1. The molecule has 4 rings (SSSR count). The highest BCUT2D eigenvalue weighted by molar-refractivity contribution is 5.94. The zero-order valence-corrected chi connectivity index (χ0v) is 14.4. The molecule has 2 heterocycles. The maximum Gasteiger partial charge on any atom is 0.226 e. The lowest BCUT2D eigenvalue weighted by Crippen LogP contribution is -2.24. The van der Waals surface area contributed by atoms with Crippen LogP contribution in [0.3, 0.4) is 0 Å². The molecule has 1 aromatic heterocycles. The molecule has 2 aromatic carbocycles. The van der Waals surface area contributed by atoms with E-state index >= 15 is 0 Å². The van der Waals surface area contributed by atoms with E-state index in [2.05, 4.69) is 16.3 Å². The highest BCUT2D eigenvalue weighted by Gasteiger charge is 2.30. The molecule has 0 bridgehead atoms. The second kappa shape index (κ2) is 6.96. The van der Waals surface area contributed by atoms with E-state index in [0.29, 0.717) is 23.7 Å². The molecule has 0 radical (unpaired) electrons. The summed E-state index contributed by atoms with van der Waals surface area (Å²) in [5.74, 6) is 3.17. The predicted octanol–water partition coefficient (Wildman–Crippen LogP) is 3.50. The highest BCUT2D eigenvalue weighted by Crippen LogP contribution is 2.38. The third-order valence-electron chi connectivity index (χ3n) is 4.50. The Labute approximate surface area is 155 Å².